The Morgan fingerprint density at radius 1 is 1.17 bits per heavy atom. The Kier molecular flexibility index (Phi) is 5.77. The predicted octanol–water partition coefficient (Wildman–Crippen LogP) is 2.74. The number of carbonyl (C=O) groups is 1. The number of rotatable bonds is 5. The number of likely N-dealkylation sites (N-methyl/N-ethyl adjacent to an activating group) is 1. The Labute approximate surface area is 140 Å². The molecule has 0 aliphatic rings. The average Bonchev–Trinajstić information content (AvgIpc) is 2.56. The van der Waals surface area contributed by atoms with Crippen LogP contribution in [-0.4, -0.2) is 47.3 Å². The van der Waals surface area contributed by atoms with Gasteiger partial charge < -0.3 is 15.1 Å². The van der Waals surface area contributed by atoms with Crippen molar-refractivity contribution < 1.29 is 15.0 Å². The number of hydrogen-bond acceptors (Lipinski definition) is 3. The van der Waals surface area contributed by atoms with Crippen LogP contribution in [0.3, 0.4) is 0 Å². The third-order valence-electron chi connectivity index (χ3n) is 3.68. The average molecular weight is 334 g/mol. The molecule has 5 heteroatoms. The first kappa shape index (κ1) is 17.5. The predicted molar refractivity (Wildman–Crippen MR) is 91.7 cm³/mol. The van der Waals surface area contributed by atoms with Gasteiger partial charge in [-0.2, -0.15) is 0 Å². The summed E-state index contributed by atoms with van der Waals surface area (Å²) < 4.78 is 0. The highest BCUT2D eigenvalue weighted by atomic mass is 35.5. The molecule has 0 saturated carbocycles. The van der Waals surface area contributed by atoms with E-state index in [1.807, 2.05) is 37.3 Å². The zero-order valence-corrected chi connectivity index (χ0v) is 13.9. The zero-order valence-electron chi connectivity index (χ0n) is 13.2. The molecule has 2 N–H and O–H groups in total. The lowest BCUT2D eigenvalue weighted by Crippen LogP contribution is -2.35. The SMILES string of the molecule is Cc1ccc(-c2ccc(C(=O)N(C)C[C@@H](O)CO)cc2)cc1Cl. The van der Waals surface area contributed by atoms with Crippen LogP contribution in [0.25, 0.3) is 11.1 Å². The van der Waals surface area contributed by atoms with Gasteiger partial charge in [-0.05, 0) is 41.8 Å². The second-order valence-corrected chi connectivity index (χ2v) is 5.97. The number of amides is 1. The van der Waals surface area contributed by atoms with E-state index in [4.69, 9.17) is 16.7 Å². The molecule has 0 bridgehead atoms. The number of aliphatic hydroxyl groups is 2. The highest BCUT2D eigenvalue weighted by Gasteiger charge is 2.15. The zero-order chi connectivity index (χ0) is 17.0. The maximum atomic E-state index is 12.3. The third-order valence-corrected chi connectivity index (χ3v) is 4.09. The Morgan fingerprint density at radius 2 is 1.78 bits per heavy atom. The monoisotopic (exact) mass is 333 g/mol. The van der Waals surface area contributed by atoms with Crippen LogP contribution in [0, 0.1) is 6.92 Å². The fourth-order valence-corrected chi connectivity index (χ4v) is 2.44. The molecule has 4 nitrogen and oxygen atoms in total. The second kappa shape index (κ2) is 7.59. The van der Waals surface area contributed by atoms with Gasteiger partial charge in [-0.1, -0.05) is 35.9 Å². The van der Waals surface area contributed by atoms with Gasteiger partial charge in [0.25, 0.3) is 5.91 Å². The van der Waals surface area contributed by atoms with Crippen LogP contribution in [0.2, 0.25) is 5.02 Å². The molecule has 1 amide bonds. The molecule has 1 atom stereocenters. The van der Waals surface area contributed by atoms with Crippen LogP contribution >= 0.6 is 11.6 Å². The van der Waals surface area contributed by atoms with Gasteiger partial charge in [0.1, 0.15) is 0 Å². The molecule has 0 aromatic heterocycles. The van der Waals surface area contributed by atoms with E-state index in [-0.39, 0.29) is 19.1 Å². The molecule has 0 aliphatic heterocycles. The standard InChI is InChI=1S/C18H20ClNO3/c1-12-3-4-15(9-17(12)19)13-5-7-14(8-6-13)18(23)20(2)10-16(22)11-21/h3-9,16,21-22H,10-11H2,1-2H3/t16-/m1/s1. The molecule has 122 valence electrons. The molecule has 0 fully saturated rings. The summed E-state index contributed by atoms with van der Waals surface area (Å²) in [4.78, 5) is 13.6. The third kappa shape index (κ3) is 4.32. The van der Waals surface area contributed by atoms with Crippen molar-refractivity contribution >= 4 is 17.5 Å². The Morgan fingerprint density at radius 3 is 2.35 bits per heavy atom. The molecule has 0 saturated heterocycles. The molecule has 0 aliphatic carbocycles. The van der Waals surface area contributed by atoms with Crippen molar-refractivity contribution in [3.63, 3.8) is 0 Å². The number of aryl methyl sites for hydroxylation is 1. The van der Waals surface area contributed by atoms with Gasteiger partial charge in [-0.25, -0.2) is 0 Å². The molecule has 2 rings (SSSR count). The number of halogens is 1. The minimum atomic E-state index is -0.932. The molecular formula is C18H20ClNO3. The van der Waals surface area contributed by atoms with Gasteiger partial charge in [0.2, 0.25) is 0 Å². The molecular weight excluding hydrogens is 314 g/mol. The fourth-order valence-electron chi connectivity index (χ4n) is 2.25. The largest absolute Gasteiger partial charge is 0.394 e. The Bertz CT molecular complexity index is 685. The smallest absolute Gasteiger partial charge is 0.253 e. The molecule has 0 heterocycles. The summed E-state index contributed by atoms with van der Waals surface area (Å²) in [5.74, 6) is -0.203. The van der Waals surface area contributed by atoms with Crippen molar-refractivity contribution in [3.8, 4) is 11.1 Å². The summed E-state index contributed by atoms with van der Waals surface area (Å²) >= 11 is 6.14. The number of carbonyl (C=O) groups excluding carboxylic acids is 1. The van der Waals surface area contributed by atoms with Crippen molar-refractivity contribution in [2.24, 2.45) is 0 Å². The van der Waals surface area contributed by atoms with Crippen LogP contribution in [-0.2, 0) is 0 Å². The van der Waals surface area contributed by atoms with Crippen LogP contribution < -0.4 is 0 Å². The minimum absolute atomic E-state index is 0.0880. The quantitative estimate of drug-likeness (QED) is 0.884. The molecule has 0 unspecified atom stereocenters. The second-order valence-electron chi connectivity index (χ2n) is 5.56. The summed E-state index contributed by atoms with van der Waals surface area (Å²) in [6.07, 6.45) is -0.932. The summed E-state index contributed by atoms with van der Waals surface area (Å²) in [5.41, 5.74) is 3.51. The summed E-state index contributed by atoms with van der Waals surface area (Å²) in [6.45, 7) is 1.67. The normalized spacial score (nSPS) is 12.0. The summed E-state index contributed by atoms with van der Waals surface area (Å²) in [7, 11) is 1.59. The van der Waals surface area contributed by atoms with Crippen molar-refractivity contribution in [2.75, 3.05) is 20.2 Å². The van der Waals surface area contributed by atoms with Crippen molar-refractivity contribution in [1.29, 1.82) is 0 Å². The lowest BCUT2D eigenvalue weighted by Gasteiger charge is -2.19. The highest BCUT2D eigenvalue weighted by molar-refractivity contribution is 6.31. The van der Waals surface area contributed by atoms with Gasteiger partial charge in [-0.15, -0.1) is 0 Å². The number of nitrogens with zero attached hydrogens (tertiary/aromatic N) is 1. The molecule has 2 aromatic carbocycles. The highest BCUT2D eigenvalue weighted by Crippen LogP contribution is 2.25. The molecule has 0 radical (unpaired) electrons. The Balaban J connectivity index is 2.15. The summed E-state index contributed by atoms with van der Waals surface area (Å²) in [5, 5.41) is 19.0. The van der Waals surface area contributed by atoms with E-state index in [2.05, 4.69) is 0 Å². The van der Waals surface area contributed by atoms with Crippen LogP contribution in [0.1, 0.15) is 15.9 Å². The van der Waals surface area contributed by atoms with E-state index >= 15 is 0 Å². The van der Waals surface area contributed by atoms with Gasteiger partial charge in [0.05, 0.1) is 12.7 Å². The number of benzene rings is 2. The summed E-state index contributed by atoms with van der Waals surface area (Å²) in [6, 6.07) is 13.1. The van der Waals surface area contributed by atoms with Gasteiger partial charge >= 0.3 is 0 Å². The van der Waals surface area contributed by atoms with E-state index in [0.29, 0.717) is 10.6 Å². The van der Waals surface area contributed by atoms with Crippen molar-refractivity contribution in [3.05, 3.63) is 58.6 Å². The van der Waals surface area contributed by atoms with Crippen LogP contribution in [0.4, 0.5) is 0 Å². The first-order chi connectivity index (χ1) is 10.9. The van der Waals surface area contributed by atoms with Gasteiger partial charge in [-0.3, -0.25) is 4.79 Å². The molecule has 0 spiro atoms. The fraction of sp³-hybridized carbons (Fsp3) is 0.278. The van der Waals surface area contributed by atoms with E-state index < -0.39 is 6.10 Å². The van der Waals surface area contributed by atoms with E-state index in [0.717, 1.165) is 16.7 Å². The lowest BCUT2D eigenvalue weighted by molar-refractivity contribution is 0.0520. The van der Waals surface area contributed by atoms with E-state index in [1.54, 1.807) is 19.2 Å². The number of aliphatic hydroxyl groups excluding tert-OH is 2. The minimum Gasteiger partial charge on any atom is -0.394 e. The molecule has 23 heavy (non-hydrogen) atoms. The topological polar surface area (TPSA) is 60.8 Å². The van der Waals surface area contributed by atoms with Crippen molar-refractivity contribution in [1.82, 2.24) is 4.90 Å². The van der Waals surface area contributed by atoms with Gasteiger partial charge in [0, 0.05) is 24.2 Å². The maximum Gasteiger partial charge on any atom is 0.253 e. The van der Waals surface area contributed by atoms with Crippen molar-refractivity contribution in [2.45, 2.75) is 13.0 Å². The maximum absolute atomic E-state index is 12.3. The Hall–Kier alpha value is -1.88. The first-order valence-corrected chi connectivity index (χ1v) is 7.71. The number of hydrogen-bond donors (Lipinski definition) is 2. The van der Waals surface area contributed by atoms with Crippen LogP contribution in [0.15, 0.2) is 42.5 Å². The van der Waals surface area contributed by atoms with E-state index in [1.165, 1.54) is 4.90 Å². The molecule has 2 aromatic rings. The lowest BCUT2D eigenvalue weighted by atomic mass is 10.0. The van der Waals surface area contributed by atoms with Gasteiger partial charge in [0.15, 0.2) is 0 Å². The van der Waals surface area contributed by atoms with Crippen LogP contribution in [0.5, 0.6) is 0 Å². The first-order valence-electron chi connectivity index (χ1n) is 7.33. The van der Waals surface area contributed by atoms with E-state index in [9.17, 15) is 9.90 Å².